The maximum Gasteiger partial charge on any atom is 0.673 e. The number of amidine groups is 1. The van der Waals surface area contributed by atoms with E-state index in [-0.39, 0.29) is 0 Å². The van der Waals surface area contributed by atoms with Gasteiger partial charge in [0.25, 0.3) is 0 Å². The van der Waals surface area contributed by atoms with E-state index >= 15 is 0 Å². The first-order valence-electron chi connectivity index (χ1n) is 7.47. The van der Waals surface area contributed by atoms with Gasteiger partial charge in [-0.1, -0.05) is 45.1 Å². The topological polar surface area (TPSA) is 26.0 Å². The first kappa shape index (κ1) is 20.3. The molecule has 0 amide bonds. The molecule has 0 unspecified atom stereocenters. The molecule has 0 spiro atoms. The van der Waals surface area contributed by atoms with Gasteiger partial charge < -0.3 is 17.3 Å². The monoisotopic (exact) mass is 328 g/mol. The average molecular weight is 328 g/mol. The maximum atomic E-state index is 9.75. The van der Waals surface area contributed by atoms with Crippen molar-refractivity contribution in [1.29, 1.82) is 0 Å². The van der Waals surface area contributed by atoms with E-state index in [0.717, 1.165) is 13.1 Å². The maximum absolute atomic E-state index is 9.75. The van der Waals surface area contributed by atoms with Gasteiger partial charge in [-0.05, 0) is 30.0 Å². The quantitative estimate of drug-likeness (QED) is 0.406. The lowest BCUT2D eigenvalue weighted by Gasteiger charge is -1.97. The van der Waals surface area contributed by atoms with Crippen molar-refractivity contribution in [3.63, 3.8) is 0 Å². The molecule has 0 saturated heterocycles. The van der Waals surface area contributed by atoms with Gasteiger partial charge in [0.15, 0.2) is 0 Å². The minimum absolute atomic E-state index is 1.06. The molecule has 21 heavy (non-hydrogen) atoms. The Morgan fingerprint density at radius 3 is 2.33 bits per heavy atom. The smallest absolute Gasteiger partial charge is 0.418 e. The van der Waals surface area contributed by atoms with E-state index < -0.39 is 7.25 Å². The number of rotatable bonds is 8. The minimum atomic E-state index is -6.00. The Bertz CT molecular complexity index is 303. The fourth-order valence-corrected chi connectivity index (χ4v) is 2.46. The Hall–Kier alpha value is -0.655. The minimum Gasteiger partial charge on any atom is -0.418 e. The summed E-state index contributed by atoms with van der Waals surface area (Å²) in [5.74, 6) is 0. The summed E-state index contributed by atoms with van der Waals surface area (Å²) in [6, 6.07) is 0. The van der Waals surface area contributed by atoms with Gasteiger partial charge in [0.1, 0.15) is 13.1 Å². The Labute approximate surface area is 129 Å². The Morgan fingerprint density at radius 1 is 1.14 bits per heavy atom. The summed E-state index contributed by atoms with van der Waals surface area (Å²) in [6.45, 7) is 4.39. The van der Waals surface area contributed by atoms with E-state index in [0.29, 0.717) is 0 Å². The van der Waals surface area contributed by atoms with Crippen LogP contribution in [0.5, 0.6) is 0 Å². The molecular weight excluding hydrogens is 303 g/mol. The van der Waals surface area contributed by atoms with Gasteiger partial charge in [0.2, 0.25) is 0 Å². The average Bonchev–Trinajstić information content (AvgIpc) is 2.88. The number of halogens is 4. The van der Waals surface area contributed by atoms with Crippen LogP contribution >= 0.6 is 11.8 Å². The van der Waals surface area contributed by atoms with Gasteiger partial charge in [-0.25, -0.2) is 0 Å². The van der Waals surface area contributed by atoms with Crippen molar-refractivity contribution in [1.82, 2.24) is 5.32 Å². The normalized spacial score (nSPS) is 14.6. The van der Waals surface area contributed by atoms with Crippen LogP contribution in [0.4, 0.5) is 17.3 Å². The number of nitrogens with one attached hydrogen (secondary N) is 2. The molecular formula is C13H25BF4N2S. The summed E-state index contributed by atoms with van der Waals surface area (Å²) in [5, 5.41) is 6.71. The molecule has 0 aromatic rings. The first-order valence-corrected chi connectivity index (χ1v) is 8.35. The summed E-state index contributed by atoms with van der Waals surface area (Å²) < 4.78 is 39.0. The lowest BCUT2D eigenvalue weighted by atomic mass is 10.1. The predicted molar refractivity (Wildman–Crippen MR) is 83.7 cm³/mol. The number of hydrogen-bond donors (Lipinski definition) is 2. The highest BCUT2D eigenvalue weighted by atomic mass is 32.2. The fraction of sp³-hybridized carbons (Fsp3) is 0.769. The summed E-state index contributed by atoms with van der Waals surface area (Å²) in [4.78, 5) is 3.30. The summed E-state index contributed by atoms with van der Waals surface area (Å²) in [7, 11) is -6.00. The third-order valence-corrected chi connectivity index (χ3v) is 3.56. The molecule has 0 saturated carbocycles. The van der Waals surface area contributed by atoms with Gasteiger partial charge in [-0.15, -0.1) is 0 Å². The Morgan fingerprint density at radius 2 is 1.76 bits per heavy atom. The van der Waals surface area contributed by atoms with Crippen molar-refractivity contribution in [3.05, 3.63) is 11.5 Å². The SMILES string of the molecule is CCCCCCCC/C=C\SC1=[NH+]CCN1.F[B-](F)(F)F. The van der Waals surface area contributed by atoms with Gasteiger partial charge in [-0.3, -0.25) is 10.3 Å². The van der Waals surface area contributed by atoms with Crippen LogP contribution in [0.3, 0.4) is 0 Å². The molecule has 1 heterocycles. The molecule has 0 radical (unpaired) electrons. The zero-order valence-corrected chi connectivity index (χ0v) is 13.3. The number of unbranched alkanes of at least 4 members (excludes halogenated alkanes) is 6. The van der Waals surface area contributed by atoms with Crippen molar-refractivity contribution in [3.8, 4) is 0 Å². The Kier molecular flexibility index (Phi) is 12.6. The zero-order valence-electron chi connectivity index (χ0n) is 12.5. The molecule has 0 aromatic carbocycles. The molecule has 1 rings (SSSR count). The highest BCUT2D eigenvalue weighted by Gasteiger charge is 2.20. The second-order valence-corrected chi connectivity index (χ2v) is 5.64. The highest BCUT2D eigenvalue weighted by Crippen LogP contribution is 2.09. The van der Waals surface area contributed by atoms with Crippen molar-refractivity contribution < 1.29 is 22.3 Å². The molecule has 0 atom stereocenters. The van der Waals surface area contributed by atoms with Gasteiger partial charge in [0.05, 0.1) is 0 Å². The molecule has 0 bridgehead atoms. The molecule has 1 aliphatic heterocycles. The molecule has 0 fully saturated rings. The molecule has 2 nitrogen and oxygen atoms in total. The third kappa shape index (κ3) is 19.3. The van der Waals surface area contributed by atoms with Crippen molar-refractivity contribution >= 4 is 24.2 Å². The largest absolute Gasteiger partial charge is 0.673 e. The standard InChI is InChI=1S/C13H24N2S.BF4/c1-2-3-4-5-6-7-8-9-12-16-13-14-10-11-15-13;2-1(3,4)5/h9,12H,2-8,10-11H2,1H3,(H,14,15);/q;-1/p+1/b12-9-;. The van der Waals surface area contributed by atoms with E-state index in [1.807, 2.05) is 0 Å². The summed E-state index contributed by atoms with van der Waals surface area (Å²) in [5.41, 5.74) is 0. The zero-order chi connectivity index (χ0) is 16.0. The van der Waals surface area contributed by atoms with Crippen LogP contribution in [0.2, 0.25) is 0 Å². The molecule has 8 heteroatoms. The van der Waals surface area contributed by atoms with Crippen molar-refractivity contribution in [2.24, 2.45) is 0 Å². The van der Waals surface area contributed by atoms with E-state index in [9.17, 15) is 17.3 Å². The summed E-state index contributed by atoms with van der Waals surface area (Å²) in [6.07, 6.45) is 11.8. The highest BCUT2D eigenvalue weighted by molar-refractivity contribution is 8.16. The fourth-order valence-electron chi connectivity index (χ4n) is 1.72. The van der Waals surface area contributed by atoms with Gasteiger partial charge in [-0.2, -0.15) is 0 Å². The predicted octanol–water partition coefficient (Wildman–Crippen LogP) is 3.32. The second-order valence-electron chi connectivity index (χ2n) is 4.72. The molecule has 2 N–H and O–H groups in total. The molecule has 0 aliphatic carbocycles. The van der Waals surface area contributed by atoms with Crippen LogP contribution < -0.4 is 10.3 Å². The first-order chi connectivity index (χ1) is 9.93. The van der Waals surface area contributed by atoms with Gasteiger partial charge >= 0.3 is 12.4 Å². The van der Waals surface area contributed by atoms with Crippen LogP contribution in [-0.2, 0) is 0 Å². The van der Waals surface area contributed by atoms with E-state index in [1.165, 1.54) is 50.1 Å². The lowest BCUT2D eigenvalue weighted by Crippen LogP contribution is -2.69. The van der Waals surface area contributed by atoms with Crippen molar-refractivity contribution in [2.45, 2.75) is 51.9 Å². The van der Waals surface area contributed by atoms with E-state index in [1.54, 1.807) is 11.8 Å². The van der Waals surface area contributed by atoms with Crippen LogP contribution in [0.1, 0.15) is 51.9 Å². The molecule has 0 aromatic heterocycles. The Balaban J connectivity index is 0.000000690. The van der Waals surface area contributed by atoms with E-state index in [4.69, 9.17) is 0 Å². The lowest BCUT2D eigenvalue weighted by molar-refractivity contribution is -0.441. The van der Waals surface area contributed by atoms with E-state index in [2.05, 4.69) is 28.7 Å². The number of hydrogen-bond acceptors (Lipinski definition) is 2. The third-order valence-electron chi connectivity index (χ3n) is 2.70. The van der Waals surface area contributed by atoms with Crippen LogP contribution in [-0.4, -0.2) is 25.5 Å². The van der Waals surface area contributed by atoms with Crippen molar-refractivity contribution in [2.75, 3.05) is 13.1 Å². The molecule has 124 valence electrons. The van der Waals surface area contributed by atoms with Gasteiger partial charge in [0, 0.05) is 0 Å². The number of thioether (sulfide) groups is 1. The van der Waals surface area contributed by atoms with Crippen LogP contribution in [0.25, 0.3) is 0 Å². The van der Waals surface area contributed by atoms with Crippen LogP contribution in [0, 0.1) is 0 Å². The molecule has 1 aliphatic rings. The van der Waals surface area contributed by atoms with Crippen LogP contribution in [0.15, 0.2) is 11.5 Å². The summed E-state index contributed by atoms with van der Waals surface area (Å²) >= 11 is 1.77. The number of allylic oxidation sites excluding steroid dienone is 1. The second kappa shape index (κ2) is 13.0.